The van der Waals surface area contributed by atoms with Crippen molar-refractivity contribution < 1.29 is 0 Å². The van der Waals surface area contributed by atoms with Gasteiger partial charge in [0.15, 0.2) is 0 Å². The van der Waals surface area contributed by atoms with E-state index in [1.54, 1.807) is 0 Å². The summed E-state index contributed by atoms with van der Waals surface area (Å²) >= 11 is 0. The molecule has 3 nitrogen and oxygen atoms in total. The first kappa shape index (κ1) is 12.0. The van der Waals surface area contributed by atoms with E-state index < -0.39 is 0 Å². The van der Waals surface area contributed by atoms with Crippen LogP contribution in [0.25, 0.3) is 0 Å². The maximum absolute atomic E-state index is 5.83. The molecule has 0 fully saturated rings. The first-order valence-corrected chi connectivity index (χ1v) is 5.47. The molecule has 0 heterocycles. The van der Waals surface area contributed by atoms with Crippen molar-refractivity contribution in [3.05, 3.63) is 29.8 Å². The van der Waals surface area contributed by atoms with Gasteiger partial charge in [-0.25, -0.2) is 0 Å². The van der Waals surface area contributed by atoms with Crippen LogP contribution in [-0.2, 0) is 6.54 Å². The standard InChI is InChI=1S/C12H21N3/c1-10(2)15-8-7-14-9-11-5-3-4-6-12(11)13/h3-6,10,14-15H,7-9,13H2,1-2H3. The Morgan fingerprint density at radius 2 is 1.93 bits per heavy atom. The van der Waals surface area contributed by atoms with Crippen molar-refractivity contribution in [1.82, 2.24) is 10.6 Å². The molecule has 0 atom stereocenters. The molecule has 0 saturated heterocycles. The van der Waals surface area contributed by atoms with E-state index in [2.05, 4.69) is 30.5 Å². The predicted octanol–water partition coefficient (Wildman–Crippen LogP) is 1.36. The molecular formula is C12H21N3. The Kier molecular flexibility index (Phi) is 5.15. The van der Waals surface area contributed by atoms with Gasteiger partial charge in [-0.3, -0.25) is 0 Å². The normalized spacial score (nSPS) is 10.9. The SMILES string of the molecule is CC(C)NCCNCc1ccccc1N. The van der Waals surface area contributed by atoms with Gasteiger partial charge in [0.25, 0.3) is 0 Å². The zero-order valence-corrected chi connectivity index (χ0v) is 9.59. The van der Waals surface area contributed by atoms with Crippen molar-refractivity contribution in [2.45, 2.75) is 26.4 Å². The number of para-hydroxylation sites is 1. The van der Waals surface area contributed by atoms with Gasteiger partial charge in [0.05, 0.1) is 0 Å². The summed E-state index contributed by atoms with van der Waals surface area (Å²) in [4.78, 5) is 0. The number of nitrogens with one attached hydrogen (secondary N) is 2. The van der Waals surface area contributed by atoms with Gasteiger partial charge in [-0.2, -0.15) is 0 Å². The minimum atomic E-state index is 0.550. The van der Waals surface area contributed by atoms with E-state index in [0.717, 1.165) is 25.3 Å². The minimum Gasteiger partial charge on any atom is -0.398 e. The Balaban J connectivity index is 2.18. The van der Waals surface area contributed by atoms with Crippen LogP contribution in [0.3, 0.4) is 0 Å². The number of nitrogen functional groups attached to an aromatic ring is 1. The van der Waals surface area contributed by atoms with Gasteiger partial charge < -0.3 is 16.4 Å². The number of hydrogen-bond acceptors (Lipinski definition) is 3. The van der Waals surface area contributed by atoms with Crippen LogP contribution in [0.4, 0.5) is 5.69 Å². The van der Waals surface area contributed by atoms with Crippen molar-refractivity contribution in [3.8, 4) is 0 Å². The van der Waals surface area contributed by atoms with E-state index in [9.17, 15) is 0 Å². The van der Waals surface area contributed by atoms with Crippen molar-refractivity contribution in [1.29, 1.82) is 0 Å². The van der Waals surface area contributed by atoms with Crippen LogP contribution in [0.15, 0.2) is 24.3 Å². The van der Waals surface area contributed by atoms with E-state index in [-0.39, 0.29) is 0 Å². The number of benzene rings is 1. The van der Waals surface area contributed by atoms with Gasteiger partial charge in [0.2, 0.25) is 0 Å². The average Bonchev–Trinajstić information content (AvgIpc) is 2.20. The summed E-state index contributed by atoms with van der Waals surface area (Å²) in [6.45, 7) is 7.09. The molecule has 0 aromatic heterocycles. The lowest BCUT2D eigenvalue weighted by molar-refractivity contribution is 0.556. The third-order valence-electron chi connectivity index (χ3n) is 2.22. The minimum absolute atomic E-state index is 0.550. The summed E-state index contributed by atoms with van der Waals surface area (Å²) in [7, 11) is 0. The largest absolute Gasteiger partial charge is 0.398 e. The average molecular weight is 207 g/mol. The van der Waals surface area contributed by atoms with Gasteiger partial charge >= 0.3 is 0 Å². The van der Waals surface area contributed by atoms with Crippen LogP contribution in [0.1, 0.15) is 19.4 Å². The fourth-order valence-corrected chi connectivity index (χ4v) is 1.37. The topological polar surface area (TPSA) is 50.1 Å². The fourth-order valence-electron chi connectivity index (χ4n) is 1.37. The Morgan fingerprint density at radius 3 is 2.60 bits per heavy atom. The highest BCUT2D eigenvalue weighted by Gasteiger charge is 1.96. The van der Waals surface area contributed by atoms with Crippen LogP contribution < -0.4 is 16.4 Å². The van der Waals surface area contributed by atoms with E-state index in [0.29, 0.717) is 6.04 Å². The predicted molar refractivity (Wildman–Crippen MR) is 65.7 cm³/mol. The van der Waals surface area contributed by atoms with Crippen LogP contribution in [0, 0.1) is 0 Å². The zero-order valence-electron chi connectivity index (χ0n) is 9.59. The van der Waals surface area contributed by atoms with Gasteiger partial charge in [0, 0.05) is 31.4 Å². The van der Waals surface area contributed by atoms with E-state index in [1.807, 2.05) is 18.2 Å². The molecule has 15 heavy (non-hydrogen) atoms. The summed E-state index contributed by atoms with van der Waals surface area (Å²) in [6, 6.07) is 8.51. The highest BCUT2D eigenvalue weighted by Crippen LogP contribution is 2.09. The van der Waals surface area contributed by atoms with Crippen LogP contribution in [-0.4, -0.2) is 19.1 Å². The second-order valence-corrected chi connectivity index (χ2v) is 3.98. The lowest BCUT2D eigenvalue weighted by atomic mass is 10.2. The molecule has 1 aromatic carbocycles. The fraction of sp³-hybridized carbons (Fsp3) is 0.500. The maximum Gasteiger partial charge on any atom is 0.0359 e. The Bertz CT molecular complexity index is 284. The highest BCUT2D eigenvalue weighted by molar-refractivity contribution is 5.46. The summed E-state index contributed by atoms with van der Waals surface area (Å²) in [6.07, 6.45) is 0. The van der Waals surface area contributed by atoms with E-state index in [4.69, 9.17) is 5.73 Å². The monoisotopic (exact) mass is 207 g/mol. The molecule has 4 N–H and O–H groups in total. The lowest BCUT2D eigenvalue weighted by Gasteiger charge is -2.10. The van der Waals surface area contributed by atoms with Gasteiger partial charge in [-0.15, -0.1) is 0 Å². The van der Waals surface area contributed by atoms with Crippen molar-refractivity contribution in [2.75, 3.05) is 18.8 Å². The van der Waals surface area contributed by atoms with Crippen LogP contribution in [0.5, 0.6) is 0 Å². The molecule has 0 aliphatic heterocycles. The van der Waals surface area contributed by atoms with E-state index in [1.165, 1.54) is 5.56 Å². The molecule has 0 bridgehead atoms. The molecule has 0 spiro atoms. The molecule has 0 saturated carbocycles. The smallest absolute Gasteiger partial charge is 0.0359 e. The molecule has 0 aliphatic carbocycles. The molecular weight excluding hydrogens is 186 g/mol. The highest BCUT2D eigenvalue weighted by atomic mass is 15.0. The van der Waals surface area contributed by atoms with Crippen molar-refractivity contribution in [2.24, 2.45) is 0 Å². The summed E-state index contributed by atoms with van der Waals surface area (Å²) in [5.74, 6) is 0. The number of anilines is 1. The zero-order chi connectivity index (χ0) is 11.1. The molecule has 0 unspecified atom stereocenters. The lowest BCUT2D eigenvalue weighted by Crippen LogP contribution is -2.31. The molecule has 1 aromatic rings. The second-order valence-electron chi connectivity index (χ2n) is 3.98. The van der Waals surface area contributed by atoms with Crippen molar-refractivity contribution in [3.63, 3.8) is 0 Å². The van der Waals surface area contributed by atoms with Gasteiger partial charge in [-0.05, 0) is 11.6 Å². The summed E-state index contributed by atoms with van der Waals surface area (Å²) < 4.78 is 0. The Labute approximate surface area is 92.1 Å². The molecule has 0 amide bonds. The number of hydrogen-bond donors (Lipinski definition) is 3. The first-order valence-electron chi connectivity index (χ1n) is 5.47. The third-order valence-corrected chi connectivity index (χ3v) is 2.22. The molecule has 84 valence electrons. The molecule has 0 aliphatic rings. The second kappa shape index (κ2) is 6.43. The van der Waals surface area contributed by atoms with Crippen LogP contribution in [0.2, 0.25) is 0 Å². The van der Waals surface area contributed by atoms with E-state index >= 15 is 0 Å². The van der Waals surface area contributed by atoms with Gasteiger partial charge in [0.1, 0.15) is 0 Å². The van der Waals surface area contributed by atoms with Crippen molar-refractivity contribution >= 4 is 5.69 Å². The summed E-state index contributed by atoms with van der Waals surface area (Å²) in [5, 5.41) is 6.71. The van der Waals surface area contributed by atoms with Crippen LogP contribution >= 0.6 is 0 Å². The maximum atomic E-state index is 5.83. The first-order chi connectivity index (χ1) is 7.20. The summed E-state index contributed by atoms with van der Waals surface area (Å²) in [5.41, 5.74) is 7.86. The van der Waals surface area contributed by atoms with Gasteiger partial charge in [-0.1, -0.05) is 32.0 Å². The molecule has 3 heteroatoms. The molecule has 1 rings (SSSR count). The number of rotatable bonds is 6. The Morgan fingerprint density at radius 1 is 1.20 bits per heavy atom. The molecule has 0 radical (unpaired) electrons. The Hall–Kier alpha value is -1.06. The quantitative estimate of drug-likeness (QED) is 0.487. The third kappa shape index (κ3) is 4.81. The number of nitrogens with two attached hydrogens (primary N) is 1.